The molecule has 0 bridgehead atoms. The average molecular weight is 361 g/mol. The molecule has 0 saturated heterocycles. The Morgan fingerprint density at radius 1 is 0.963 bits per heavy atom. The van der Waals surface area contributed by atoms with Crippen molar-refractivity contribution in [2.75, 3.05) is 7.11 Å². The van der Waals surface area contributed by atoms with Gasteiger partial charge in [0.05, 0.1) is 11.2 Å². The molecule has 3 aromatic rings. The summed E-state index contributed by atoms with van der Waals surface area (Å²) in [6.07, 6.45) is 6.69. The van der Waals surface area contributed by atoms with Crippen LogP contribution in [0.5, 0.6) is 0 Å². The highest BCUT2D eigenvalue weighted by atomic mass is 16.2. The van der Waals surface area contributed by atoms with Gasteiger partial charge in [0.25, 0.3) is 0 Å². The summed E-state index contributed by atoms with van der Waals surface area (Å²) in [5, 5.41) is 7.93. The van der Waals surface area contributed by atoms with Crippen molar-refractivity contribution in [3.63, 3.8) is 0 Å². The largest absolute Gasteiger partial charge is 0.400 e. The highest BCUT2D eigenvalue weighted by Gasteiger charge is 2.16. The van der Waals surface area contributed by atoms with Crippen molar-refractivity contribution in [3.05, 3.63) is 65.7 Å². The van der Waals surface area contributed by atoms with E-state index in [0.717, 1.165) is 34.8 Å². The second-order valence-electron chi connectivity index (χ2n) is 7.09. The van der Waals surface area contributed by atoms with Gasteiger partial charge in [-0.2, -0.15) is 0 Å². The van der Waals surface area contributed by atoms with Crippen molar-refractivity contribution < 1.29 is 9.90 Å². The summed E-state index contributed by atoms with van der Waals surface area (Å²) >= 11 is 0. The van der Waals surface area contributed by atoms with Crippen LogP contribution in [-0.2, 0) is 0 Å². The molecule has 1 aliphatic rings. The van der Waals surface area contributed by atoms with E-state index >= 15 is 0 Å². The van der Waals surface area contributed by atoms with E-state index in [0.29, 0.717) is 5.92 Å². The van der Waals surface area contributed by atoms with E-state index in [2.05, 4.69) is 24.3 Å². The smallest absolute Gasteiger partial charge is 0.160 e. The molecule has 0 aliphatic heterocycles. The lowest BCUT2D eigenvalue weighted by molar-refractivity contribution is 0.101. The average Bonchev–Trinajstić information content (AvgIpc) is 2.75. The number of hydrogen-bond donors (Lipinski definition) is 1. The molecule has 1 fully saturated rings. The molecule has 0 atom stereocenters. The number of Topliss-reactive ketones (excluding diaryl/α,β-unsaturated/α-hetero) is 1. The summed E-state index contributed by atoms with van der Waals surface area (Å²) in [7, 11) is 1.00. The molecule has 1 saturated carbocycles. The first-order valence-corrected chi connectivity index (χ1v) is 9.68. The van der Waals surface area contributed by atoms with Crippen LogP contribution >= 0.6 is 0 Å². The maximum atomic E-state index is 12.1. The number of aromatic nitrogens is 1. The number of hydrogen-bond acceptors (Lipinski definition) is 3. The highest BCUT2D eigenvalue weighted by Crippen LogP contribution is 2.33. The Morgan fingerprint density at radius 2 is 1.63 bits per heavy atom. The summed E-state index contributed by atoms with van der Waals surface area (Å²) in [5.41, 5.74) is 5.02. The number of ketones is 1. The van der Waals surface area contributed by atoms with Crippen molar-refractivity contribution in [1.29, 1.82) is 0 Å². The van der Waals surface area contributed by atoms with Crippen molar-refractivity contribution >= 4 is 16.7 Å². The molecular formula is C24H27NO2. The molecule has 1 aromatic heterocycles. The first-order valence-electron chi connectivity index (χ1n) is 9.68. The number of benzene rings is 2. The number of rotatable bonds is 3. The molecule has 2 aromatic carbocycles. The van der Waals surface area contributed by atoms with Gasteiger partial charge in [-0.3, -0.25) is 4.79 Å². The zero-order valence-corrected chi connectivity index (χ0v) is 16.1. The Morgan fingerprint density at radius 3 is 2.30 bits per heavy atom. The number of pyridine rings is 1. The third-order valence-corrected chi connectivity index (χ3v) is 5.38. The Balaban J connectivity index is 0.00000102. The molecule has 1 heterocycles. The predicted octanol–water partition coefficient (Wildman–Crippen LogP) is 5.76. The minimum atomic E-state index is 0.0821. The molecule has 140 valence electrons. The van der Waals surface area contributed by atoms with Crippen molar-refractivity contribution in [2.24, 2.45) is 0 Å². The summed E-state index contributed by atoms with van der Waals surface area (Å²) in [4.78, 5) is 16.9. The Hall–Kier alpha value is -2.52. The van der Waals surface area contributed by atoms with E-state index in [9.17, 15) is 4.79 Å². The zero-order chi connectivity index (χ0) is 19.2. The van der Waals surface area contributed by atoms with Gasteiger partial charge in [0.2, 0.25) is 0 Å². The van der Waals surface area contributed by atoms with Gasteiger partial charge in [0, 0.05) is 23.6 Å². The second kappa shape index (κ2) is 8.92. The summed E-state index contributed by atoms with van der Waals surface area (Å²) in [5.74, 6) is 0.791. The SMILES string of the molecule is CC(=O)c1cc(-c2ccc(C3CCCCC3)cc2)nc2ccccc12.CO. The molecule has 1 aliphatic carbocycles. The van der Waals surface area contributed by atoms with Gasteiger partial charge in [0.15, 0.2) is 5.78 Å². The van der Waals surface area contributed by atoms with Crippen LogP contribution in [0, 0.1) is 0 Å². The number of aliphatic hydroxyl groups is 1. The molecule has 0 spiro atoms. The Labute approximate surface area is 161 Å². The lowest BCUT2D eigenvalue weighted by atomic mass is 9.84. The van der Waals surface area contributed by atoms with Crippen LogP contribution in [0.1, 0.15) is 60.9 Å². The highest BCUT2D eigenvalue weighted by molar-refractivity contribution is 6.07. The zero-order valence-electron chi connectivity index (χ0n) is 16.1. The van der Waals surface area contributed by atoms with Crippen LogP contribution in [0.25, 0.3) is 22.2 Å². The predicted molar refractivity (Wildman–Crippen MR) is 111 cm³/mol. The van der Waals surface area contributed by atoms with Crippen molar-refractivity contribution in [2.45, 2.75) is 44.9 Å². The number of carbonyl (C=O) groups excluding carboxylic acids is 1. The minimum Gasteiger partial charge on any atom is -0.400 e. The fourth-order valence-electron chi connectivity index (χ4n) is 3.98. The van der Waals surface area contributed by atoms with Gasteiger partial charge in [-0.25, -0.2) is 4.98 Å². The maximum absolute atomic E-state index is 12.1. The Bertz CT molecular complexity index is 909. The minimum absolute atomic E-state index is 0.0821. The molecule has 0 radical (unpaired) electrons. The van der Waals surface area contributed by atoms with E-state index in [1.807, 2.05) is 30.3 Å². The van der Waals surface area contributed by atoms with Gasteiger partial charge in [-0.15, -0.1) is 0 Å². The molecule has 1 N–H and O–H groups in total. The lowest BCUT2D eigenvalue weighted by Crippen LogP contribution is -2.04. The van der Waals surface area contributed by atoms with E-state index in [4.69, 9.17) is 10.1 Å². The fraction of sp³-hybridized carbons (Fsp3) is 0.333. The van der Waals surface area contributed by atoms with Crippen molar-refractivity contribution in [3.8, 4) is 11.3 Å². The fourth-order valence-corrected chi connectivity index (χ4v) is 3.98. The van der Waals surface area contributed by atoms with Gasteiger partial charge in [-0.1, -0.05) is 61.7 Å². The summed E-state index contributed by atoms with van der Waals surface area (Å²) < 4.78 is 0. The van der Waals surface area contributed by atoms with Gasteiger partial charge >= 0.3 is 0 Å². The third-order valence-electron chi connectivity index (χ3n) is 5.38. The quantitative estimate of drug-likeness (QED) is 0.603. The topological polar surface area (TPSA) is 50.2 Å². The second-order valence-corrected chi connectivity index (χ2v) is 7.09. The van der Waals surface area contributed by atoms with Gasteiger partial charge in [0.1, 0.15) is 0 Å². The first-order chi connectivity index (χ1) is 13.2. The van der Waals surface area contributed by atoms with Crippen LogP contribution in [-0.4, -0.2) is 23.0 Å². The van der Waals surface area contributed by atoms with E-state index in [1.165, 1.54) is 37.7 Å². The molecule has 3 heteroatoms. The first kappa shape index (κ1) is 19.2. The standard InChI is InChI=1S/C23H23NO.CH4O/c1-16(25)21-15-23(24-22-10-6-5-9-20(21)22)19-13-11-18(12-14-19)17-7-3-2-4-8-17;1-2/h5-6,9-15,17H,2-4,7-8H2,1H3;2H,1H3. The molecule has 0 amide bonds. The van der Waals surface area contributed by atoms with Crippen molar-refractivity contribution in [1.82, 2.24) is 4.98 Å². The van der Waals surface area contributed by atoms with Gasteiger partial charge < -0.3 is 5.11 Å². The van der Waals surface area contributed by atoms with E-state index in [1.54, 1.807) is 6.92 Å². The van der Waals surface area contributed by atoms with Crippen LogP contribution < -0.4 is 0 Å². The van der Waals surface area contributed by atoms with E-state index < -0.39 is 0 Å². The van der Waals surface area contributed by atoms with Gasteiger partial charge in [-0.05, 0) is 43.4 Å². The number of aliphatic hydroxyl groups excluding tert-OH is 1. The third kappa shape index (κ3) is 4.25. The normalized spacial score (nSPS) is 14.5. The molecular weight excluding hydrogens is 334 g/mol. The molecule has 27 heavy (non-hydrogen) atoms. The van der Waals surface area contributed by atoms with Crippen LogP contribution in [0.15, 0.2) is 54.6 Å². The summed E-state index contributed by atoms with van der Waals surface area (Å²) in [6, 6.07) is 18.6. The monoisotopic (exact) mass is 361 g/mol. The lowest BCUT2D eigenvalue weighted by Gasteiger charge is -2.22. The molecule has 3 nitrogen and oxygen atoms in total. The maximum Gasteiger partial charge on any atom is 0.160 e. The number of fused-ring (bicyclic) bond motifs is 1. The number of nitrogens with zero attached hydrogens (tertiary/aromatic N) is 1. The van der Waals surface area contributed by atoms with Crippen LogP contribution in [0.2, 0.25) is 0 Å². The number of carbonyl (C=O) groups is 1. The molecule has 4 rings (SSSR count). The number of para-hydroxylation sites is 1. The van der Waals surface area contributed by atoms with Crippen LogP contribution in [0.3, 0.4) is 0 Å². The molecule has 0 unspecified atom stereocenters. The van der Waals surface area contributed by atoms with Crippen LogP contribution in [0.4, 0.5) is 0 Å². The van der Waals surface area contributed by atoms with E-state index in [-0.39, 0.29) is 5.78 Å². The summed E-state index contributed by atoms with van der Waals surface area (Å²) in [6.45, 7) is 1.62. The Kier molecular flexibility index (Phi) is 6.36.